The number of hydrogen-bond donors (Lipinski definition) is 1. The fourth-order valence-electron chi connectivity index (χ4n) is 1.83. The minimum Gasteiger partial charge on any atom is -0.487 e. The van der Waals surface area contributed by atoms with Crippen molar-refractivity contribution in [2.75, 3.05) is 11.9 Å². The van der Waals surface area contributed by atoms with Crippen LogP contribution in [0, 0.1) is 0 Å². The van der Waals surface area contributed by atoms with E-state index < -0.39 is 0 Å². The molecule has 4 nitrogen and oxygen atoms in total. The molecule has 0 aliphatic carbocycles. The maximum absolute atomic E-state index is 5.89. The molecule has 0 radical (unpaired) electrons. The molecular weight excluding hydrogens is 258 g/mol. The lowest BCUT2D eigenvalue weighted by atomic mass is 10.0. The molecule has 5 heteroatoms. The third kappa shape index (κ3) is 3.44. The molecule has 1 aromatic carbocycles. The molecule has 0 unspecified atom stereocenters. The lowest BCUT2D eigenvalue weighted by Gasteiger charge is -2.13. The maximum Gasteiger partial charge on any atom is 0.136 e. The first-order valence-corrected chi connectivity index (χ1v) is 7.26. The second-order valence-corrected chi connectivity index (χ2v) is 5.31. The zero-order valence-corrected chi connectivity index (χ0v) is 12.3. The first-order chi connectivity index (χ1) is 9.22. The number of hydrogen-bond acceptors (Lipinski definition) is 5. The van der Waals surface area contributed by atoms with Gasteiger partial charge in [-0.3, -0.25) is 0 Å². The first-order valence-electron chi connectivity index (χ1n) is 6.49. The van der Waals surface area contributed by atoms with E-state index in [-0.39, 0.29) is 0 Å². The van der Waals surface area contributed by atoms with Crippen molar-refractivity contribution in [3.8, 4) is 5.75 Å². The van der Waals surface area contributed by atoms with Gasteiger partial charge in [0.05, 0.1) is 0 Å². The van der Waals surface area contributed by atoms with Gasteiger partial charge in [-0.25, -0.2) is 0 Å². The van der Waals surface area contributed by atoms with Crippen molar-refractivity contribution in [2.24, 2.45) is 0 Å². The van der Waals surface area contributed by atoms with Gasteiger partial charge in [0.2, 0.25) is 0 Å². The smallest absolute Gasteiger partial charge is 0.136 e. The largest absolute Gasteiger partial charge is 0.487 e. The van der Waals surface area contributed by atoms with Crippen molar-refractivity contribution in [3.63, 3.8) is 0 Å². The normalized spacial score (nSPS) is 10.7. The van der Waals surface area contributed by atoms with Gasteiger partial charge in [-0.2, -0.15) is 0 Å². The summed E-state index contributed by atoms with van der Waals surface area (Å²) >= 11 is 1.37. The number of ether oxygens (including phenoxy) is 1. The summed E-state index contributed by atoms with van der Waals surface area (Å²) in [6.45, 7) is 7.69. The average molecular weight is 277 g/mol. The lowest BCUT2D eigenvalue weighted by molar-refractivity contribution is 0.297. The van der Waals surface area contributed by atoms with Crippen LogP contribution in [-0.2, 0) is 6.61 Å². The van der Waals surface area contributed by atoms with Crippen molar-refractivity contribution in [1.82, 2.24) is 9.59 Å². The lowest BCUT2D eigenvalue weighted by Crippen LogP contribution is -2.03. The zero-order chi connectivity index (χ0) is 13.7. The Morgan fingerprint density at radius 1 is 1.32 bits per heavy atom. The third-order valence-electron chi connectivity index (χ3n) is 2.80. The predicted octanol–water partition coefficient (Wildman–Crippen LogP) is 3.67. The van der Waals surface area contributed by atoms with Crippen molar-refractivity contribution in [2.45, 2.75) is 33.3 Å². The van der Waals surface area contributed by atoms with Crippen LogP contribution in [0.15, 0.2) is 24.3 Å². The number of nitrogens with zero attached hydrogens (tertiary/aromatic N) is 2. The molecule has 0 aliphatic heterocycles. The molecule has 1 heterocycles. The van der Waals surface area contributed by atoms with E-state index in [0.717, 1.165) is 23.0 Å². The van der Waals surface area contributed by atoms with Crippen LogP contribution in [0.2, 0.25) is 0 Å². The zero-order valence-electron chi connectivity index (χ0n) is 11.5. The van der Waals surface area contributed by atoms with Crippen LogP contribution in [0.25, 0.3) is 0 Å². The number of nitrogens with one attached hydrogen (secondary N) is 1. The summed E-state index contributed by atoms with van der Waals surface area (Å²) < 4.78 is 9.85. The summed E-state index contributed by atoms with van der Waals surface area (Å²) in [6, 6.07) is 8.13. The maximum atomic E-state index is 5.89. The highest BCUT2D eigenvalue weighted by Crippen LogP contribution is 2.27. The molecule has 0 saturated carbocycles. The van der Waals surface area contributed by atoms with Crippen LogP contribution in [0.4, 0.5) is 5.00 Å². The van der Waals surface area contributed by atoms with Gasteiger partial charge in [-0.1, -0.05) is 36.5 Å². The molecule has 1 N–H and O–H groups in total. The number of aromatic nitrogens is 2. The topological polar surface area (TPSA) is 47.0 Å². The first kappa shape index (κ1) is 13.8. The minimum atomic E-state index is 0.443. The molecule has 0 aliphatic rings. The number of anilines is 1. The summed E-state index contributed by atoms with van der Waals surface area (Å²) in [5, 5.41) is 8.34. The Morgan fingerprint density at radius 2 is 2.11 bits per heavy atom. The second kappa shape index (κ2) is 6.52. The Morgan fingerprint density at radius 3 is 2.84 bits per heavy atom. The van der Waals surface area contributed by atoms with Gasteiger partial charge >= 0.3 is 0 Å². The quantitative estimate of drug-likeness (QED) is 0.875. The Labute approximate surface area is 118 Å². The van der Waals surface area contributed by atoms with E-state index in [2.05, 4.69) is 41.7 Å². The fourth-order valence-corrected chi connectivity index (χ4v) is 2.47. The van der Waals surface area contributed by atoms with Gasteiger partial charge in [-0.15, -0.1) is 5.10 Å². The van der Waals surface area contributed by atoms with Crippen LogP contribution in [0.5, 0.6) is 5.75 Å². The van der Waals surface area contributed by atoms with Crippen molar-refractivity contribution in [1.29, 1.82) is 0 Å². The van der Waals surface area contributed by atoms with Crippen LogP contribution in [0.3, 0.4) is 0 Å². The van der Waals surface area contributed by atoms with Gasteiger partial charge in [0.15, 0.2) is 0 Å². The average Bonchev–Trinajstić information content (AvgIpc) is 2.84. The minimum absolute atomic E-state index is 0.443. The van der Waals surface area contributed by atoms with Crippen molar-refractivity contribution in [3.05, 3.63) is 35.5 Å². The molecule has 0 amide bonds. The molecule has 2 aromatic rings. The van der Waals surface area contributed by atoms with Gasteiger partial charge in [0.1, 0.15) is 23.1 Å². The highest BCUT2D eigenvalue weighted by molar-refractivity contribution is 7.10. The molecule has 19 heavy (non-hydrogen) atoms. The summed E-state index contributed by atoms with van der Waals surface area (Å²) in [5.41, 5.74) is 2.08. The highest BCUT2D eigenvalue weighted by atomic mass is 32.1. The summed E-state index contributed by atoms with van der Waals surface area (Å²) in [6.07, 6.45) is 0. The molecular formula is C14H19N3OS. The van der Waals surface area contributed by atoms with E-state index >= 15 is 0 Å². The van der Waals surface area contributed by atoms with E-state index in [9.17, 15) is 0 Å². The van der Waals surface area contributed by atoms with E-state index in [1.54, 1.807) is 0 Å². The van der Waals surface area contributed by atoms with Gasteiger partial charge in [0.25, 0.3) is 0 Å². The number of rotatable bonds is 6. The Bertz CT molecular complexity index is 525. The van der Waals surface area contributed by atoms with E-state index in [0.29, 0.717) is 12.5 Å². The molecule has 2 rings (SSSR count). The molecule has 0 saturated heterocycles. The monoisotopic (exact) mass is 277 g/mol. The van der Waals surface area contributed by atoms with E-state index in [1.165, 1.54) is 17.1 Å². The second-order valence-electron chi connectivity index (χ2n) is 4.56. The molecule has 0 fully saturated rings. The standard InChI is InChI=1S/C14H19N3OS/c1-4-15-14-12(16-17-19-14)9-18-13-8-6-5-7-11(13)10(2)3/h5-8,10,15H,4,9H2,1-3H3. The predicted molar refractivity (Wildman–Crippen MR) is 78.9 cm³/mol. The van der Waals surface area contributed by atoms with Gasteiger partial charge in [-0.05, 0) is 24.5 Å². The molecule has 1 aromatic heterocycles. The van der Waals surface area contributed by atoms with Crippen molar-refractivity contribution < 1.29 is 4.74 Å². The summed E-state index contributed by atoms with van der Waals surface area (Å²) in [5.74, 6) is 1.37. The van der Waals surface area contributed by atoms with Crippen LogP contribution < -0.4 is 10.1 Å². The third-order valence-corrected chi connectivity index (χ3v) is 3.52. The van der Waals surface area contributed by atoms with Gasteiger partial charge < -0.3 is 10.1 Å². The summed E-state index contributed by atoms with van der Waals surface area (Å²) in [4.78, 5) is 0. The summed E-state index contributed by atoms with van der Waals surface area (Å²) in [7, 11) is 0. The molecule has 0 bridgehead atoms. The Balaban J connectivity index is 2.08. The van der Waals surface area contributed by atoms with Crippen molar-refractivity contribution >= 4 is 16.5 Å². The Kier molecular flexibility index (Phi) is 4.74. The molecule has 0 spiro atoms. The fraction of sp³-hybridized carbons (Fsp3) is 0.429. The van der Waals surface area contributed by atoms with Gasteiger partial charge in [0, 0.05) is 18.1 Å². The van der Waals surface area contributed by atoms with E-state index in [4.69, 9.17) is 4.74 Å². The number of para-hydroxylation sites is 1. The van der Waals surface area contributed by atoms with E-state index in [1.807, 2.05) is 18.2 Å². The highest BCUT2D eigenvalue weighted by Gasteiger charge is 2.10. The Hall–Kier alpha value is -1.62. The molecule has 102 valence electrons. The van der Waals surface area contributed by atoms with Crippen LogP contribution in [-0.4, -0.2) is 16.1 Å². The van der Waals surface area contributed by atoms with Crippen LogP contribution in [0.1, 0.15) is 37.9 Å². The van der Waals surface area contributed by atoms with Crippen LogP contribution >= 0.6 is 11.5 Å². The number of benzene rings is 1. The molecule has 0 atom stereocenters. The SMILES string of the molecule is CCNc1snnc1COc1ccccc1C(C)C.